The van der Waals surface area contributed by atoms with Crippen LogP contribution in [0.3, 0.4) is 0 Å². The molecule has 0 aromatic heterocycles. The van der Waals surface area contributed by atoms with Crippen LogP contribution >= 0.6 is 22.6 Å². The average Bonchev–Trinajstić information content (AvgIpc) is 3.43. The van der Waals surface area contributed by atoms with Crippen molar-refractivity contribution in [2.24, 2.45) is 5.92 Å². The molecule has 41 heavy (non-hydrogen) atoms. The van der Waals surface area contributed by atoms with Crippen molar-refractivity contribution in [3.63, 3.8) is 0 Å². The Balaban J connectivity index is 1.52. The van der Waals surface area contributed by atoms with Gasteiger partial charge in [0, 0.05) is 20.7 Å². The van der Waals surface area contributed by atoms with Crippen LogP contribution < -0.4 is 4.90 Å². The highest BCUT2D eigenvalue weighted by Crippen LogP contribution is 2.50. The molecular weight excluding hydrogens is 652 g/mol. The summed E-state index contributed by atoms with van der Waals surface area (Å²) in [4.78, 5) is 42.4. The van der Waals surface area contributed by atoms with Crippen LogP contribution in [0.15, 0.2) is 65.4 Å². The van der Waals surface area contributed by atoms with Gasteiger partial charge < -0.3 is 9.47 Å². The molecule has 1 aliphatic carbocycles. The zero-order valence-corrected chi connectivity index (χ0v) is 25.2. The van der Waals surface area contributed by atoms with Crippen LogP contribution in [0.25, 0.3) is 0 Å². The number of hydrogen-bond donors (Lipinski definition) is 0. The number of nitrogens with zero attached hydrogens (tertiary/aromatic N) is 2. The second kappa shape index (κ2) is 10.2. The first-order valence-electron chi connectivity index (χ1n) is 13.0. The van der Waals surface area contributed by atoms with Crippen LogP contribution in [0.2, 0.25) is 0 Å². The highest BCUT2D eigenvalue weighted by atomic mass is 127. The second-order valence-corrected chi connectivity index (χ2v) is 12.6. The fraction of sp³-hybridized carbons (Fsp3) is 0.367. The molecule has 2 aromatic carbocycles. The van der Waals surface area contributed by atoms with Crippen molar-refractivity contribution in [3.05, 3.63) is 85.7 Å². The molecule has 0 radical (unpaired) electrons. The molecule has 1 saturated heterocycles. The van der Waals surface area contributed by atoms with Crippen LogP contribution in [0.4, 0.5) is 23.7 Å². The van der Waals surface area contributed by atoms with E-state index in [2.05, 4.69) is 0 Å². The number of imide groups is 1. The maximum atomic E-state index is 13.7. The van der Waals surface area contributed by atoms with Crippen LogP contribution in [0, 0.1) is 9.49 Å². The second-order valence-electron chi connectivity index (χ2n) is 11.4. The summed E-state index contributed by atoms with van der Waals surface area (Å²) >= 11 is 1.77. The summed E-state index contributed by atoms with van der Waals surface area (Å²) in [5.74, 6) is -1.50. The summed E-state index contributed by atoms with van der Waals surface area (Å²) < 4.78 is 52.7. The summed E-state index contributed by atoms with van der Waals surface area (Å²) in [5.41, 5.74) is 1.17. The minimum atomic E-state index is -4.61. The molecule has 0 N–H and O–H groups in total. The number of anilines is 1. The quantitative estimate of drug-likeness (QED) is 0.200. The number of amides is 3. The van der Waals surface area contributed by atoms with Gasteiger partial charge in [-0.25, -0.2) is 9.69 Å². The molecule has 1 fully saturated rings. The zero-order valence-electron chi connectivity index (χ0n) is 23.0. The molecule has 216 valence electrons. The molecule has 0 bridgehead atoms. The van der Waals surface area contributed by atoms with Crippen molar-refractivity contribution in [1.82, 2.24) is 4.90 Å². The highest BCUT2D eigenvalue weighted by Gasteiger charge is 2.53. The van der Waals surface area contributed by atoms with E-state index < -0.39 is 53.4 Å². The smallest absolute Gasteiger partial charge is 0.417 e. The molecule has 11 heteroatoms. The Hall–Kier alpha value is -3.35. The van der Waals surface area contributed by atoms with Gasteiger partial charge in [-0.3, -0.25) is 14.5 Å². The van der Waals surface area contributed by atoms with E-state index in [1.807, 2.05) is 24.3 Å². The number of halogens is 4. The molecule has 3 unspecified atom stereocenters. The van der Waals surface area contributed by atoms with Crippen molar-refractivity contribution in [3.8, 4) is 0 Å². The SMILES string of the molecule is CC1=C(C)C(O/C=C2/C(=O)N(C(=O)OC(C)(C)C)C3c4ccccc4CC23)N(c2cc(I)cc(C(F)(F)F)c2)C1=O. The maximum absolute atomic E-state index is 13.7. The minimum Gasteiger partial charge on any atom is -0.473 e. The fourth-order valence-corrected chi connectivity index (χ4v) is 6.16. The number of carbonyl (C=O) groups excluding carboxylic acids is 3. The minimum absolute atomic E-state index is 0.0214. The van der Waals surface area contributed by atoms with E-state index in [9.17, 15) is 27.6 Å². The van der Waals surface area contributed by atoms with E-state index in [0.717, 1.165) is 33.1 Å². The monoisotopic (exact) mass is 680 g/mol. The third kappa shape index (κ3) is 5.24. The summed E-state index contributed by atoms with van der Waals surface area (Å²) in [7, 11) is 0. The van der Waals surface area contributed by atoms with E-state index in [1.165, 1.54) is 12.3 Å². The lowest BCUT2D eigenvalue weighted by Crippen LogP contribution is -2.39. The molecular formula is C30H28F3IN2O5. The Kier molecular flexibility index (Phi) is 7.24. The third-order valence-corrected chi connectivity index (χ3v) is 8.10. The van der Waals surface area contributed by atoms with E-state index in [4.69, 9.17) is 9.47 Å². The fourth-order valence-electron chi connectivity index (χ4n) is 5.51. The molecule has 3 atom stereocenters. The van der Waals surface area contributed by atoms with Gasteiger partial charge in [-0.05, 0) is 98.5 Å². The van der Waals surface area contributed by atoms with Crippen LogP contribution in [0.5, 0.6) is 0 Å². The number of alkyl halides is 3. The summed E-state index contributed by atoms with van der Waals surface area (Å²) in [6, 6.07) is 10.3. The zero-order chi connectivity index (χ0) is 30.0. The number of rotatable bonds is 3. The van der Waals surface area contributed by atoms with Gasteiger partial charge in [-0.1, -0.05) is 24.3 Å². The van der Waals surface area contributed by atoms with Crippen LogP contribution in [-0.4, -0.2) is 34.6 Å². The number of fused-ring (bicyclic) bond motifs is 3. The average molecular weight is 680 g/mol. The predicted octanol–water partition coefficient (Wildman–Crippen LogP) is 6.91. The van der Waals surface area contributed by atoms with Gasteiger partial charge in [0.1, 0.15) is 5.60 Å². The van der Waals surface area contributed by atoms with Crippen molar-refractivity contribution in [2.75, 3.05) is 4.90 Å². The summed E-state index contributed by atoms with van der Waals surface area (Å²) in [6.45, 7) is 8.37. The lowest BCUT2D eigenvalue weighted by molar-refractivity contribution is -0.137. The van der Waals surface area contributed by atoms with Gasteiger partial charge in [-0.2, -0.15) is 13.2 Å². The number of carbonyl (C=O) groups is 3. The first kappa shape index (κ1) is 29.2. The molecule has 5 rings (SSSR count). The van der Waals surface area contributed by atoms with E-state index >= 15 is 0 Å². The van der Waals surface area contributed by atoms with Crippen molar-refractivity contribution in [2.45, 2.75) is 65.1 Å². The molecule has 2 aromatic rings. The standard InChI is InChI=1S/C30H28F3IN2O5/c1-15-16(2)27(35(25(15)37)20-12-18(30(31,32)33)11-19(34)13-20)40-14-23-22-10-17-8-6-7-9-21(17)24(22)36(26(23)38)28(39)41-29(3,4)5/h6-9,11-14,22,24,27H,10H2,1-5H3/b23-14+. The van der Waals surface area contributed by atoms with Gasteiger partial charge in [0.05, 0.1) is 23.4 Å². The molecule has 2 heterocycles. The van der Waals surface area contributed by atoms with Gasteiger partial charge in [-0.15, -0.1) is 0 Å². The van der Waals surface area contributed by atoms with E-state index in [0.29, 0.717) is 21.1 Å². The first-order chi connectivity index (χ1) is 19.1. The lowest BCUT2D eigenvalue weighted by atomic mass is 9.97. The first-order valence-corrected chi connectivity index (χ1v) is 14.0. The van der Waals surface area contributed by atoms with Gasteiger partial charge in [0.25, 0.3) is 11.8 Å². The van der Waals surface area contributed by atoms with Crippen molar-refractivity contribution >= 4 is 46.2 Å². The van der Waals surface area contributed by atoms with Gasteiger partial charge >= 0.3 is 12.3 Å². The number of benzene rings is 2. The summed E-state index contributed by atoms with van der Waals surface area (Å²) in [5, 5.41) is 0. The Morgan fingerprint density at radius 1 is 1.05 bits per heavy atom. The Morgan fingerprint density at radius 3 is 2.39 bits per heavy atom. The molecule has 3 aliphatic rings. The molecule has 0 spiro atoms. The van der Waals surface area contributed by atoms with Crippen molar-refractivity contribution in [1.29, 1.82) is 0 Å². The van der Waals surface area contributed by atoms with Crippen LogP contribution in [0.1, 0.15) is 57.4 Å². The Labute approximate surface area is 249 Å². The van der Waals surface area contributed by atoms with E-state index in [-0.39, 0.29) is 11.3 Å². The Bertz CT molecular complexity index is 1520. The predicted molar refractivity (Wildman–Crippen MR) is 152 cm³/mol. The molecule has 7 nitrogen and oxygen atoms in total. The van der Waals surface area contributed by atoms with Gasteiger partial charge in [0.15, 0.2) is 0 Å². The van der Waals surface area contributed by atoms with Gasteiger partial charge in [0.2, 0.25) is 6.23 Å². The number of hydrogen-bond acceptors (Lipinski definition) is 5. The van der Waals surface area contributed by atoms with E-state index in [1.54, 1.807) is 57.2 Å². The lowest BCUT2D eigenvalue weighted by Gasteiger charge is -2.27. The molecule has 0 saturated carbocycles. The topological polar surface area (TPSA) is 76.2 Å². The third-order valence-electron chi connectivity index (χ3n) is 7.48. The largest absolute Gasteiger partial charge is 0.473 e. The van der Waals surface area contributed by atoms with Crippen LogP contribution in [-0.2, 0) is 31.7 Å². The van der Waals surface area contributed by atoms with Crippen molar-refractivity contribution < 1.29 is 37.0 Å². The molecule has 3 amide bonds. The number of likely N-dealkylation sites (tertiary alicyclic amines) is 1. The highest BCUT2D eigenvalue weighted by molar-refractivity contribution is 14.1. The summed E-state index contributed by atoms with van der Waals surface area (Å²) in [6.07, 6.45) is -4.74. The maximum Gasteiger partial charge on any atom is 0.417 e. The normalized spacial score (nSPS) is 23.4. The number of ether oxygens (including phenoxy) is 2. The Morgan fingerprint density at radius 2 is 1.73 bits per heavy atom. The molecule has 2 aliphatic heterocycles.